The van der Waals surface area contributed by atoms with Crippen LogP contribution in [0.5, 0.6) is 5.75 Å². The highest BCUT2D eigenvalue weighted by molar-refractivity contribution is 6.00. The third-order valence-electron chi connectivity index (χ3n) is 5.43. The minimum Gasteiger partial charge on any atom is -0.505 e. The molecule has 186 valence electrons. The molecule has 1 fully saturated rings. The average molecular weight is 491 g/mol. The maximum Gasteiger partial charge on any atom is 0.410 e. The van der Waals surface area contributed by atoms with Crippen molar-refractivity contribution in [1.82, 2.24) is 30.2 Å². The lowest BCUT2D eigenvalue weighted by molar-refractivity contribution is 0.0240. The molecule has 0 aliphatic carbocycles. The van der Waals surface area contributed by atoms with Crippen molar-refractivity contribution in [3.8, 4) is 11.8 Å². The van der Waals surface area contributed by atoms with Gasteiger partial charge in [-0.1, -0.05) is 0 Å². The molecule has 4 rings (SSSR count). The third-order valence-corrected chi connectivity index (χ3v) is 5.43. The Kier molecular flexibility index (Phi) is 6.82. The van der Waals surface area contributed by atoms with Crippen LogP contribution in [-0.2, 0) is 11.3 Å². The Bertz CT molecular complexity index is 1320. The Labute approximate surface area is 207 Å². The highest BCUT2D eigenvalue weighted by Gasteiger charge is 2.26. The molecule has 1 aliphatic heterocycles. The summed E-state index contributed by atoms with van der Waals surface area (Å²) in [5.74, 6) is -0.114. The number of carbonyl (C=O) groups excluding carboxylic acids is 2. The standard InChI is InChI=1S/C24H26N8O4/c1-24(2,3)36-23(35)32-8-6-31(7-9-32)19-5-4-16-17(30-19)14-28-20(21(16)33)22(34)29-13-15-11-26-18(10-25)27-12-15/h4-5,11-12,14,33H,6-9,13H2,1-3H3,(H,29,34). The van der Waals surface area contributed by atoms with E-state index < -0.39 is 11.5 Å². The largest absolute Gasteiger partial charge is 0.505 e. The number of aromatic hydroxyl groups is 1. The van der Waals surface area contributed by atoms with Gasteiger partial charge in [0.2, 0.25) is 5.82 Å². The summed E-state index contributed by atoms with van der Waals surface area (Å²) in [6, 6.07) is 5.28. The van der Waals surface area contributed by atoms with Crippen LogP contribution in [0.15, 0.2) is 30.7 Å². The predicted octanol–water partition coefficient (Wildman–Crippen LogP) is 1.98. The summed E-state index contributed by atoms with van der Waals surface area (Å²) in [5.41, 5.74) is 0.367. The van der Waals surface area contributed by atoms with Crippen LogP contribution in [0.4, 0.5) is 10.6 Å². The minimum atomic E-state index is -0.568. The van der Waals surface area contributed by atoms with Gasteiger partial charge in [-0.25, -0.2) is 24.7 Å². The number of pyridine rings is 2. The zero-order chi connectivity index (χ0) is 25.9. The number of nitriles is 1. The lowest BCUT2D eigenvalue weighted by Gasteiger charge is -2.36. The number of rotatable bonds is 4. The second-order valence-electron chi connectivity index (χ2n) is 9.22. The first-order valence-electron chi connectivity index (χ1n) is 11.4. The normalized spacial score (nSPS) is 13.8. The van der Waals surface area contributed by atoms with E-state index in [1.54, 1.807) is 17.0 Å². The maximum absolute atomic E-state index is 12.6. The molecule has 4 heterocycles. The number of piperazine rings is 1. The van der Waals surface area contributed by atoms with E-state index in [-0.39, 0.29) is 29.9 Å². The first-order chi connectivity index (χ1) is 17.1. The van der Waals surface area contributed by atoms with Crippen molar-refractivity contribution in [2.45, 2.75) is 32.9 Å². The van der Waals surface area contributed by atoms with Crippen LogP contribution in [0.2, 0.25) is 0 Å². The van der Waals surface area contributed by atoms with E-state index in [2.05, 4.69) is 25.3 Å². The van der Waals surface area contributed by atoms with Crippen LogP contribution in [0.3, 0.4) is 0 Å². The van der Waals surface area contributed by atoms with Crippen molar-refractivity contribution in [2.75, 3.05) is 31.1 Å². The summed E-state index contributed by atoms with van der Waals surface area (Å²) < 4.78 is 5.44. The number of anilines is 1. The molecule has 3 aromatic heterocycles. The minimum absolute atomic E-state index is 0.0377. The maximum atomic E-state index is 12.6. The lowest BCUT2D eigenvalue weighted by Crippen LogP contribution is -2.50. The van der Waals surface area contributed by atoms with E-state index in [9.17, 15) is 14.7 Å². The Morgan fingerprint density at radius 2 is 1.81 bits per heavy atom. The van der Waals surface area contributed by atoms with E-state index in [1.807, 2.05) is 31.7 Å². The molecule has 0 saturated carbocycles. The van der Waals surface area contributed by atoms with Gasteiger partial charge in [0, 0.05) is 56.1 Å². The predicted molar refractivity (Wildman–Crippen MR) is 129 cm³/mol. The molecule has 0 radical (unpaired) electrons. The number of fused-ring (bicyclic) bond motifs is 1. The number of ether oxygens (including phenoxy) is 1. The Balaban J connectivity index is 1.41. The molecule has 1 saturated heterocycles. The number of nitrogens with one attached hydrogen (secondary N) is 1. The summed E-state index contributed by atoms with van der Waals surface area (Å²) in [6.45, 7) is 7.78. The highest BCUT2D eigenvalue weighted by atomic mass is 16.6. The Morgan fingerprint density at radius 3 is 2.44 bits per heavy atom. The zero-order valence-electron chi connectivity index (χ0n) is 20.2. The van der Waals surface area contributed by atoms with Crippen molar-refractivity contribution in [1.29, 1.82) is 5.26 Å². The van der Waals surface area contributed by atoms with Gasteiger partial charge >= 0.3 is 6.09 Å². The van der Waals surface area contributed by atoms with Gasteiger partial charge in [-0.3, -0.25) is 4.79 Å². The van der Waals surface area contributed by atoms with Crippen molar-refractivity contribution in [3.63, 3.8) is 0 Å². The second-order valence-corrected chi connectivity index (χ2v) is 9.22. The zero-order valence-corrected chi connectivity index (χ0v) is 20.2. The van der Waals surface area contributed by atoms with Gasteiger partial charge in [0.15, 0.2) is 11.4 Å². The number of aromatic nitrogens is 4. The second kappa shape index (κ2) is 9.99. The van der Waals surface area contributed by atoms with Gasteiger partial charge in [-0.15, -0.1) is 0 Å². The summed E-state index contributed by atoms with van der Waals surface area (Å²) >= 11 is 0. The number of hydrogen-bond donors (Lipinski definition) is 2. The quantitative estimate of drug-likeness (QED) is 0.554. The van der Waals surface area contributed by atoms with E-state index in [0.717, 1.165) is 0 Å². The fourth-order valence-corrected chi connectivity index (χ4v) is 3.63. The molecule has 12 nitrogen and oxygen atoms in total. The van der Waals surface area contributed by atoms with E-state index in [0.29, 0.717) is 48.5 Å². The average Bonchev–Trinajstić information content (AvgIpc) is 2.86. The fraction of sp³-hybridized carbons (Fsp3) is 0.375. The molecular weight excluding hydrogens is 464 g/mol. The summed E-state index contributed by atoms with van der Waals surface area (Å²) in [5, 5.41) is 22.5. The molecule has 2 N–H and O–H groups in total. The summed E-state index contributed by atoms with van der Waals surface area (Å²) in [7, 11) is 0. The Hall–Kier alpha value is -4.53. The van der Waals surface area contributed by atoms with Gasteiger partial charge in [0.1, 0.15) is 17.5 Å². The van der Waals surface area contributed by atoms with Gasteiger partial charge in [0.05, 0.1) is 11.7 Å². The molecule has 1 aliphatic rings. The van der Waals surface area contributed by atoms with Gasteiger partial charge in [-0.2, -0.15) is 5.26 Å². The molecule has 0 bridgehead atoms. The van der Waals surface area contributed by atoms with Crippen molar-refractivity contribution in [2.24, 2.45) is 0 Å². The van der Waals surface area contributed by atoms with Crippen LogP contribution in [0, 0.1) is 11.3 Å². The van der Waals surface area contributed by atoms with Crippen LogP contribution in [-0.4, -0.2) is 73.7 Å². The molecular formula is C24H26N8O4. The molecule has 12 heteroatoms. The van der Waals surface area contributed by atoms with Crippen LogP contribution in [0.1, 0.15) is 42.6 Å². The van der Waals surface area contributed by atoms with Gasteiger partial charge in [0.25, 0.3) is 5.91 Å². The van der Waals surface area contributed by atoms with Crippen LogP contribution in [0.25, 0.3) is 10.9 Å². The fourth-order valence-electron chi connectivity index (χ4n) is 3.63. The topological polar surface area (TPSA) is 157 Å². The third kappa shape index (κ3) is 5.57. The van der Waals surface area contributed by atoms with Crippen LogP contribution >= 0.6 is 0 Å². The van der Waals surface area contributed by atoms with Gasteiger partial charge < -0.3 is 25.0 Å². The number of nitrogens with zero attached hydrogens (tertiary/aromatic N) is 7. The number of amides is 2. The monoisotopic (exact) mass is 490 g/mol. The number of carbonyl (C=O) groups is 2. The van der Waals surface area contributed by atoms with E-state index >= 15 is 0 Å². The molecule has 36 heavy (non-hydrogen) atoms. The molecule has 0 unspecified atom stereocenters. The summed E-state index contributed by atoms with van der Waals surface area (Å²) in [4.78, 5) is 45.0. The highest BCUT2D eigenvalue weighted by Crippen LogP contribution is 2.28. The smallest absolute Gasteiger partial charge is 0.410 e. The summed E-state index contributed by atoms with van der Waals surface area (Å²) in [6.07, 6.45) is 3.99. The Morgan fingerprint density at radius 1 is 1.11 bits per heavy atom. The molecule has 3 aromatic rings. The molecule has 0 aromatic carbocycles. The van der Waals surface area contributed by atoms with Gasteiger partial charge in [-0.05, 0) is 32.9 Å². The molecule has 0 spiro atoms. The first-order valence-corrected chi connectivity index (χ1v) is 11.4. The van der Waals surface area contributed by atoms with Crippen molar-refractivity contribution in [3.05, 3.63) is 47.8 Å². The van der Waals surface area contributed by atoms with E-state index in [4.69, 9.17) is 10.00 Å². The number of hydrogen-bond acceptors (Lipinski definition) is 10. The van der Waals surface area contributed by atoms with E-state index in [1.165, 1.54) is 18.6 Å². The first kappa shape index (κ1) is 24.6. The van der Waals surface area contributed by atoms with Crippen LogP contribution < -0.4 is 10.2 Å². The lowest BCUT2D eigenvalue weighted by atomic mass is 10.2. The molecule has 0 atom stereocenters. The van der Waals surface area contributed by atoms with Crippen molar-refractivity contribution < 1.29 is 19.4 Å². The van der Waals surface area contributed by atoms with Crippen molar-refractivity contribution >= 4 is 28.7 Å². The SMILES string of the molecule is CC(C)(C)OC(=O)N1CCN(c2ccc3c(O)c(C(=O)NCc4cnc(C#N)nc4)ncc3n2)CC1. The molecule has 2 amide bonds.